The van der Waals surface area contributed by atoms with Gasteiger partial charge in [-0.15, -0.1) is 0 Å². The summed E-state index contributed by atoms with van der Waals surface area (Å²) in [5.74, 6) is -0.420. The SMILES string of the molecule is Cc1[nH]c(C)c(S(=O)(=O)Nc2ccc(Cl)c(C(F)(F)F)c2)c1C(=O)N1CCCC1. The molecule has 1 amide bonds. The number of aryl methyl sites for hydroxylation is 2. The van der Waals surface area contributed by atoms with Crippen LogP contribution in [0.15, 0.2) is 23.1 Å². The fourth-order valence-electron chi connectivity index (χ4n) is 3.44. The summed E-state index contributed by atoms with van der Waals surface area (Å²) >= 11 is 5.58. The average Bonchev–Trinajstić information content (AvgIpc) is 3.22. The van der Waals surface area contributed by atoms with Crippen molar-refractivity contribution in [3.63, 3.8) is 0 Å². The second-order valence-corrected chi connectivity index (χ2v) is 8.90. The van der Waals surface area contributed by atoms with E-state index in [1.807, 2.05) is 0 Å². The van der Waals surface area contributed by atoms with Crippen molar-refractivity contribution in [3.05, 3.63) is 45.7 Å². The number of H-pyrrole nitrogens is 1. The van der Waals surface area contributed by atoms with Gasteiger partial charge in [-0.1, -0.05) is 11.6 Å². The largest absolute Gasteiger partial charge is 0.417 e. The van der Waals surface area contributed by atoms with Gasteiger partial charge in [0.15, 0.2) is 0 Å². The van der Waals surface area contributed by atoms with E-state index in [-0.39, 0.29) is 21.8 Å². The first kappa shape index (κ1) is 21.5. The molecular formula is C18H19ClF3N3O3S. The molecule has 2 N–H and O–H groups in total. The molecule has 0 unspecified atom stereocenters. The lowest BCUT2D eigenvalue weighted by Gasteiger charge is -2.17. The van der Waals surface area contributed by atoms with E-state index in [1.165, 1.54) is 6.92 Å². The van der Waals surface area contributed by atoms with Gasteiger partial charge in [-0.05, 0) is 44.9 Å². The van der Waals surface area contributed by atoms with Crippen molar-refractivity contribution in [2.75, 3.05) is 17.8 Å². The number of aromatic nitrogens is 1. The van der Waals surface area contributed by atoms with Crippen LogP contribution in [0.4, 0.5) is 18.9 Å². The van der Waals surface area contributed by atoms with Gasteiger partial charge in [-0.2, -0.15) is 13.2 Å². The molecule has 0 atom stereocenters. The summed E-state index contributed by atoms with van der Waals surface area (Å²) in [7, 11) is -4.34. The van der Waals surface area contributed by atoms with E-state index in [0.29, 0.717) is 24.8 Å². The van der Waals surface area contributed by atoms with Crippen molar-refractivity contribution >= 4 is 33.2 Å². The number of sulfonamides is 1. The second-order valence-electron chi connectivity index (χ2n) is 6.88. The number of carbonyl (C=O) groups is 1. The van der Waals surface area contributed by atoms with Crippen molar-refractivity contribution in [1.82, 2.24) is 9.88 Å². The van der Waals surface area contributed by atoms with E-state index < -0.39 is 32.7 Å². The fourth-order valence-corrected chi connectivity index (χ4v) is 5.17. The molecule has 0 saturated carbocycles. The highest BCUT2D eigenvalue weighted by molar-refractivity contribution is 7.92. The Morgan fingerprint density at radius 1 is 1.17 bits per heavy atom. The van der Waals surface area contributed by atoms with Gasteiger partial charge >= 0.3 is 6.18 Å². The Labute approximate surface area is 171 Å². The number of rotatable bonds is 4. The van der Waals surface area contributed by atoms with Gasteiger partial charge in [-0.3, -0.25) is 9.52 Å². The number of likely N-dealkylation sites (tertiary alicyclic amines) is 1. The normalized spacial score (nSPS) is 15.0. The van der Waals surface area contributed by atoms with E-state index in [1.54, 1.807) is 11.8 Å². The summed E-state index contributed by atoms with van der Waals surface area (Å²) in [6.07, 6.45) is -3.07. The molecule has 1 fully saturated rings. The third-order valence-corrected chi connectivity index (χ3v) is 6.60. The van der Waals surface area contributed by atoms with E-state index in [0.717, 1.165) is 25.0 Å². The maximum atomic E-state index is 13.1. The fraction of sp³-hybridized carbons (Fsp3) is 0.389. The molecule has 1 aromatic carbocycles. The van der Waals surface area contributed by atoms with Crippen molar-refractivity contribution < 1.29 is 26.4 Å². The van der Waals surface area contributed by atoms with Crippen LogP contribution in [0.5, 0.6) is 0 Å². The number of benzene rings is 1. The van der Waals surface area contributed by atoms with Crippen molar-refractivity contribution in [2.24, 2.45) is 0 Å². The number of alkyl halides is 3. The second kappa shape index (κ2) is 7.56. The lowest BCUT2D eigenvalue weighted by molar-refractivity contribution is -0.137. The zero-order valence-corrected chi connectivity index (χ0v) is 17.2. The molecule has 29 heavy (non-hydrogen) atoms. The Morgan fingerprint density at radius 2 is 1.79 bits per heavy atom. The minimum atomic E-state index is -4.74. The molecule has 1 aliphatic heterocycles. The number of carbonyl (C=O) groups excluding carboxylic acids is 1. The molecule has 0 radical (unpaired) electrons. The lowest BCUT2D eigenvalue weighted by Crippen LogP contribution is -2.29. The van der Waals surface area contributed by atoms with Crippen molar-refractivity contribution in [3.8, 4) is 0 Å². The van der Waals surface area contributed by atoms with Crippen molar-refractivity contribution in [1.29, 1.82) is 0 Å². The van der Waals surface area contributed by atoms with Crippen LogP contribution in [-0.2, 0) is 16.2 Å². The molecule has 11 heteroatoms. The molecule has 3 rings (SSSR count). The van der Waals surface area contributed by atoms with Gasteiger partial charge in [0.1, 0.15) is 4.90 Å². The van der Waals surface area contributed by atoms with Crippen LogP contribution in [0, 0.1) is 13.8 Å². The Balaban J connectivity index is 2.02. The maximum Gasteiger partial charge on any atom is 0.417 e. The summed E-state index contributed by atoms with van der Waals surface area (Å²) in [6.45, 7) is 4.13. The standard InChI is InChI=1S/C18H19ClF3N3O3S/c1-10-15(17(26)25-7-3-4-8-25)16(11(2)23-10)29(27,28)24-12-5-6-14(19)13(9-12)18(20,21)22/h5-6,9,23-24H,3-4,7-8H2,1-2H3. The Hall–Kier alpha value is -2.20. The molecule has 2 heterocycles. The molecule has 0 bridgehead atoms. The van der Waals surface area contributed by atoms with Crippen molar-refractivity contribution in [2.45, 2.75) is 37.8 Å². The number of halogens is 4. The zero-order valence-electron chi connectivity index (χ0n) is 15.7. The lowest BCUT2D eigenvalue weighted by atomic mass is 10.2. The first-order valence-corrected chi connectivity index (χ1v) is 10.7. The predicted octanol–water partition coefficient (Wildman–Crippen LogP) is 4.34. The third kappa shape index (κ3) is 4.23. The summed E-state index contributed by atoms with van der Waals surface area (Å²) < 4.78 is 67.4. The summed E-state index contributed by atoms with van der Waals surface area (Å²) in [6, 6.07) is 2.72. The van der Waals surface area contributed by atoms with Crippen LogP contribution in [0.3, 0.4) is 0 Å². The number of nitrogens with one attached hydrogen (secondary N) is 2. The van der Waals surface area contributed by atoms with Gasteiger partial charge in [-0.25, -0.2) is 8.42 Å². The van der Waals surface area contributed by atoms with Gasteiger partial charge in [0.25, 0.3) is 15.9 Å². The van der Waals surface area contributed by atoms with E-state index in [9.17, 15) is 26.4 Å². The van der Waals surface area contributed by atoms with Gasteiger partial charge in [0, 0.05) is 30.2 Å². The van der Waals surface area contributed by atoms with Crippen LogP contribution >= 0.6 is 11.6 Å². The smallest absolute Gasteiger partial charge is 0.361 e. The van der Waals surface area contributed by atoms with Crippen LogP contribution in [0.25, 0.3) is 0 Å². The molecule has 1 aliphatic rings. The monoisotopic (exact) mass is 449 g/mol. The summed E-state index contributed by atoms with van der Waals surface area (Å²) in [5.41, 5.74) is -0.856. The van der Waals surface area contributed by atoms with Gasteiger partial charge in [0.05, 0.1) is 16.1 Å². The molecule has 2 aromatic rings. The first-order valence-electron chi connectivity index (χ1n) is 8.80. The molecule has 0 spiro atoms. The number of hydrogen-bond donors (Lipinski definition) is 2. The van der Waals surface area contributed by atoms with Gasteiger partial charge in [0.2, 0.25) is 0 Å². The highest BCUT2D eigenvalue weighted by Gasteiger charge is 2.35. The number of amides is 1. The zero-order chi connectivity index (χ0) is 21.6. The molecule has 6 nitrogen and oxygen atoms in total. The number of nitrogens with zero attached hydrogens (tertiary/aromatic N) is 1. The Bertz CT molecular complexity index is 1060. The molecular weight excluding hydrogens is 431 g/mol. The topological polar surface area (TPSA) is 82.3 Å². The minimum absolute atomic E-state index is 0.00177. The summed E-state index contributed by atoms with van der Waals surface area (Å²) in [5, 5.41) is -0.543. The molecule has 1 saturated heterocycles. The minimum Gasteiger partial charge on any atom is -0.361 e. The molecule has 1 aromatic heterocycles. The molecule has 0 aliphatic carbocycles. The van der Waals surface area contributed by atoms with E-state index in [4.69, 9.17) is 11.6 Å². The summed E-state index contributed by atoms with van der Waals surface area (Å²) in [4.78, 5) is 17.0. The first-order chi connectivity index (χ1) is 13.4. The average molecular weight is 450 g/mol. The highest BCUT2D eigenvalue weighted by Crippen LogP contribution is 2.37. The highest BCUT2D eigenvalue weighted by atomic mass is 35.5. The van der Waals surface area contributed by atoms with Gasteiger partial charge < -0.3 is 9.88 Å². The molecule has 158 valence electrons. The van der Waals surface area contributed by atoms with Crippen LogP contribution in [-0.4, -0.2) is 37.3 Å². The van der Waals surface area contributed by atoms with Crippen LogP contribution in [0.2, 0.25) is 5.02 Å². The number of anilines is 1. The Kier molecular flexibility index (Phi) is 5.61. The third-order valence-electron chi connectivity index (χ3n) is 4.72. The number of aromatic amines is 1. The Morgan fingerprint density at radius 3 is 2.38 bits per heavy atom. The quantitative estimate of drug-likeness (QED) is 0.728. The van der Waals surface area contributed by atoms with Crippen LogP contribution < -0.4 is 4.72 Å². The van der Waals surface area contributed by atoms with E-state index in [2.05, 4.69) is 9.71 Å². The maximum absolute atomic E-state index is 13.1. The van der Waals surface area contributed by atoms with E-state index >= 15 is 0 Å². The van der Waals surface area contributed by atoms with Crippen LogP contribution in [0.1, 0.15) is 40.2 Å². The number of hydrogen-bond acceptors (Lipinski definition) is 3. The predicted molar refractivity (Wildman–Crippen MR) is 103 cm³/mol.